The lowest BCUT2D eigenvalue weighted by Crippen LogP contribution is -2.53. The largest absolute Gasteiger partial charge is 0.370 e. The van der Waals surface area contributed by atoms with E-state index in [1.807, 2.05) is 0 Å². The summed E-state index contributed by atoms with van der Waals surface area (Å²) >= 11 is 0. The van der Waals surface area contributed by atoms with Crippen LogP contribution in [0, 0.1) is 0 Å². The Balaban J connectivity index is 1.85. The molecule has 1 fully saturated rings. The second-order valence-electron chi connectivity index (χ2n) is 6.64. The molecular weight excluding hydrogens is 234 g/mol. The van der Waals surface area contributed by atoms with Crippen molar-refractivity contribution in [1.29, 1.82) is 0 Å². The highest BCUT2D eigenvalue weighted by Gasteiger charge is 2.41. The molecule has 2 rings (SSSR count). The summed E-state index contributed by atoms with van der Waals surface area (Å²) in [5.74, 6) is 0.808. The summed E-state index contributed by atoms with van der Waals surface area (Å²) in [5, 5.41) is 0. The van der Waals surface area contributed by atoms with Crippen molar-refractivity contribution in [2.24, 2.45) is 10.7 Å². The van der Waals surface area contributed by atoms with Crippen molar-refractivity contribution in [1.82, 2.24) is 4.90 Å². The molecule has 0 aromatic rings. The van der Waals surface area contributed by atoms with Gasteiger partial charge in [0.2, 0.25) is 0 Å². The number of nitrogens with zero attached hydrogens (tertiary/aromatic N) is 2. The maximum absolute atomic E-state index is 6.16. The molecule has 0 spiro atoms. The third-order valence-electron chi connectivity index (χ3n) is 4.92. The normalized spacial score (nSPS) is 28.1. The van der Waals surface area contributed by atoms with E-state index in [0.717, 1.165) is 12.5 Å². The Hall–Kier alpha value is -0.730. The van der Waals surface area contributed by atoms with Gasteiger partial charge in [0.1, 0.15) is 0 Å². The highest BCUT2D eigenvalue weighted by Crippen LogP contribution is 2.35. The molecule has 1 atom stereocenters. The topological polar surface area (TPSA) is 41.6 Å². The second kappa shape index (κ2) is 6.62. The lowest BCUT2D eigenvalue weighted by Gasteiger charge is -2.40. The molecule has 1 aliphatic carbocycles. The molecule has 1 unspecified atom stereocenters. The quantitative estimate of drug-likeness (QED) is 0.713. The number of unbranched alkanes of at least 4 members (excludes halogenated alkanes) is 4. The lowest BCUT2D eigenvalue weighted by atomic mass is 9.91. The molecule has 0 bridgehead atoms. The molecular formula is C16H31N3. The fourth-order valence-corrected chi connectivity index (χ4v) is 3.78. The number of guanidine groups is 1. The number of hydrogen-bond acceptors (Lipinski definition) is 3. The minimum absolute atomic E-state index is 0.200. The maximum atomic E-state index is 6.16. The summed E-state index contributed by atoms with van der Waals surface area (Å²) in [7, 11) is 0. The van der Waals surface area contributed by atoms with E-state index in [9.17, 15) is 0 Å². The molecule has 110 valence electrons. The Labute approximate surface area is 118 Å². The van der Waals surface area contributed by atoms with Gasteiger partial charge >= 0.3 is 0 Å². The summed E-state index contributed by atoms with van der Waals surface area (Å²) in [5.41, 5.74) is 6.36. The van der Waals surface area contributed by atoms with Gasteiger partial charge in [0.25, 0.3) is 0 Å². The van der Waals surface area contributed by atoms with Crippen LogP contribution in [-0.2, 0) is 0 Å². The van der Waals surface area contributed by atoms with Gasteiger partial charge in [-0.1, -0.05) is 51.9 Å². The van der Waals surface area contributed by atoms with E-state index in [0.29, 0.717) is 6.04 Å². The van der Waals surface area contributed by atoms with Crippen LogP contribution in [0.4, 0.5) is 0 Å². The van der Waals surface area contributed by atoms with Gasteiger partial charge in [-0.15, -0.1) is 0 Å². The van der Waals surface area contributed by atoms with E-state index in [1.165, 1.54) is 64.2 Å². The van der Waals surface area contributed by atoms with E-state index in [-0.39, 0.29) is 5.54 Å². The Morgan fingerprint density at radius 2 is 1.89 bits per heavy atom. The Morgan fingerprint density at radius 3 is 2.58 bits per heavy atom. The predicted octanol–water partition coefficient (Wildman–Crippen LogP) is 3.68. The van der Waals surface area contributed by atoms with E-state index < -0.39 is 0 Å². The van der Waals surface area contributed by atoms with E-state index in [2.05, 4.69) is 23.7 Å². The third-order valence-corrected chi connectivity index (χ3v) is 4.92. The van der Waals surface area contributed by atoms with Crippen LogP contribution in [0.25, 0.3) is 0 Å². The van der Waals surface area contributed by atoms with Crippen LogP contribution in [0.5, 0.6) is 0 Å². The molecule has 3 heteroatoms. The first-order chi connectivity index (χ1) is 9.17. The molecule has 1 heterocycles. The number of hydrogen-bond donors (Lipinski definition) is 1. The van der Waals surface area contributed by atoms with Crippen molar-refractivity contribution < 1.29 is 0 Å². The van der Waals surface area contributed by atoms with Gasteiger partial charge in [-0.25, -0.2) is 0 Å². The molecule has 3 nitrogen and oxygen atoms in total. The molecule has 2 N–H and O–H groups in total. The molecule has 1 aliphatic heterocycles. The molecule has 0 radical (unpaired) electrons. The average Bonchev–Trinajstić information content (AvgIpc) is 2.98. The van der Waals surface area contributed by atoms with Gasteiger partial charge in [-0.2, -0.15) is 0 Å². The molecule has 0 aromatic carbocycles. The van der Waals surface area contributed by atoms with Gasteiger partial charge in [0.05, 0.1) is 12.1 Å². The summed E-state index contributed by atoms with van der Waals surface area (Å²) in [4.78, 5) is 7.02. The van der Waals surface area contributed by atoms with Crippen LogP contribution < -0.4 is 5.73 Å². The van der Waals surface area contributed by atoms with Gasteiger partial charge in [-0.3, -0.25) is 4.99 Å². The predicted molar refractivity (Wildman–Crippen MR) is 82.4 cm³/mol. The molecule has 0 aromatic heterocycles. The first-order valence-electron chi connectivity index (χ1n) is 8.26. The number of nitrogens with two attached hydrogens (primary N) is 1. The van der Waals surface area contributed by atoms with Crippen molar-refractivity contribution in [2.75, 3.05) is 6.54 Å². The average molecular weight is 265 g/mol. The zero-order valence-electron chi connectivity index (χ0n) is 12.8. The van der Waals surface area contributed by atoms with E-state index in [4.69, 9.17) is 5.73 Å². The van der Waals surface area contributed by atoms with Gasteiger partial charge in [0.15, 0.2) is 5.96 Å². The maximum Gasteiger partial charge on any atom is 0.192 e. The van der Waals surface area contributed by atoms with Crippen molar-refractivity contribution >= 4 is 5.96 Å². The van der Waals surface area contributed by atoms with E-state index in [1.54, 1.807) is 0 Å². The second-order valence-corrected chi connectivity index (χ2v) is 6.64. The minimum Gasteiger partial charge on any atom is -0.370 e. The Kier molecular flexibility index (Phi) is 5.12. The third kappa shape index (κ3) is 3.43. The van der Waals surface area contributed by atoms with E-state index >= 15 is 0 Å². The fraction of sp³-hybridized carbons (Fsp3) is 0.938. The van der Waals surface area contributed by atoms with Crippen molar-refractivity contribution in [3.63, 3.8) is 0 Å². The van der Waals surface area contributed by atoms with Gasteiger partial charge in [-0.05, 0) is 26.2 Å². The lowest BCUT2D eigenvalue weighted by molar-refractivity contribution is 0.152. The number of rotatable bonds is 7. The first kappa shape index (κ1) is 14.7. The summed E-state index contributed by atoms with van der Waals surface area (Å²) < 4.78 is 0. The Bertz CT molecular complexity index is 307. The molecule has 0 amide bonds. The number of aliphatic imine (C=N–C) groups is 1. The molecule has 2 aliphatic rings. The molecule has 0 saturated heterocycles. The van der Waals surface area contributed by atoms with Gasteiger partial charge in [0, 0.05) is 6.04 Å². The van der Waals surface area contributed by atoms with Crippen LogP contribution in [0.3, 0.4) is 0 Å². The zero-order chi connectivity index (χ0) is 13.7. The molecule has 19 heavy (non-hydrogen) atoms. The van der Waals surface area contributed by atoms with Crippen molar-refractivity contribution in [3.8, 4) is 0 Å². The smallest absolute Gasteiger partial charge is 0.192 e. The van der Waals surface area contributed by atoms with Crippen molar-refractivity contribution in [3.05, 3.63) is 0 Å². The summed E-state index contributed by atoms with van der Waals surface area (Å²) in [6.07, 6.45) is 13.3. The summed E-state index contributed by atoms with van der Waals surface area (Å²) in [6, 6.07) is 0.659. The van der Waals surface area contributed by atoms with Crippen molar-refractivity contribution in [2.45, 2.75) is 89.6 Å². The monoisotopic (exact) mass is 265 g/mol. The zero-order valence-corrected chi connectivity index (χ0v) is 12.8. The van der Waals surface area contributed by atoms with Crippen LogP contribution in [-0.4, -0.2) is 29.0 Å². The van der Waals surface area contributed by atoms with Crippen LogP contribution >= 0.6 is 0 Å². The first-order valence-corrected chi connectivity index (χ1v) is 8.26. The highest BCUT2D eigenvalue weighted by atomic mass is 15.4. The SMILES string of the molecule is CCCCCCCC1(C)CN=C(N)N1C1CCCC1. The minimum atomic E-state index is 0.200. The fourth-order valence-electron chi connectivity index (χ4n) is 3.78. The van der Waals surface area contributed by atoms with Crippen LogP contribution in [0.1, 0.15) is 78.1 Å². The van der Waals surface area contributed by atoms with Crippen LogP contribution in [0.15, 0.2) is 4.99 Å². The van der Waals surface area contributed by atoms with Gasteiger partial charge < -0.3 is 10.6 Å². The highest BCUT2D eigenvalue weighted by molar-refractivity contribution is 5.81. The standard InChI is InChI=1S/C16H31N3/c1-3-4-5-6-9-12-16(2)13-18-15(17)19(16)14-10-7-8-11-14/h14H,3-13H2,1-2H3,(H2,17,18). The van der Waals surface area contributed by atoms with Crippen LogP contribution in [0.2, 0.25) is 0 Å². The molecule has 1 saturated carbocycles. The summed E-state index contributed by atoms with van der Waals surface area (Å²) in [6.45, 7) is 5.55. The Morgan fingerprint density at radius 1 is 1.21 bits per heavy atom.